The van der Waals surface area contributed by atoms with Gasteiger partial charge in [-0.3, -0.25) is 0 Å². The van der Waals surface area contributed by atoms with Crippen LogP contribution in [-0.2, 0) is 10.1 Å². The van der Waals surface area contributed by atoms with Crippen LogP contribution in [0.1, 0.15) is 0 Å². The second-order valence-corrected chi connectivity index (χ2v) is 5.76. The smallest absolute Gasteiger partial charge is 0.744 e. The zero-order valence-corrected chi connectivity index (χ0v) is 13.9. The normalized spacial score (nSPS) is 11.5. The topological polar surface area (TPSA) is 97.7 Å². The van der Waals surface area contributed by atoms with Gasteiger partial charge < -0.3 is 14.8 Å². The van der Waals surface area contributed by atoms with E-state index in [1.165, 1.54) is 12.1 Å². The Balaban J connectivity index is 0.00000161. The fourth-order valence-corrected chi connectivity index (χ4v) is 3.07. The fourth-order valence-electron chi connectivity index (χ4n) is 2.29. The molecule has 0 aliphatic carbocycles. The zero-order valence-electron chi connectivity index (χ0n) is 11.1. The molecule has 0 bridgehead atoms. The van der Waals surface area contributed by atoms with E-state index in [-0.39, 0.29) is 34.9 Å². The van der Waals surface area contributed by atoms with Crippen LogP contribution in [0.5, 0.6) is 11.5 Å². The molecule has 0 fully saturated rings. The Morgan fingerprint density at radius 2 is 1.48 bits per heavy atom. The van der Waals surface area contributed by atoms with E-state index < -0.39 is 26.5 Å². The number of rotatable bonds is 1. The van der Waals surface area contributed by atoms with Crippen LogP contribution in [0.15, 0.2) is 47.4 Å². The molecule has 0 spiro atoms. The first-order valence-electron chi connectivity index (χ1n) is 5.71. The molecule has 3 aromatic carbocycles. The summed E-state index contributed by atoms with van der Waals surface area (Å²) < 4.78 is 34.0. The van der Waals surface area contributed by atoms with Crippen molar-refractivity contribution in [1.82, 2.24) is 0 Å². The van der Waals surface area contributed by atoms with E-state index in [2.05, 4.69) is 0 Å². The van der Waals surface area contributed by atoms with Crippen LogP contribution in [-0.4, -0.2) is 23.2 Å². The summed E-state index contributed by atoms with van der Waals surface area (Å²) in [5, 5.41) is 21.3. The Bertz CT molecular complexity index is 950. The number of benzene rings is 3. The minimum absolute atomic E-state index is 0. The summed E-state index contributed by atoms with van der Waals surface area (Å²) in [6, 6.07) is 11.6. The SMILES string of the molecule is O=S(=O)([O-])c1c(O)c(O)cc2cc3ccccc3cc12.[Na+]. The fraction of sp³-hybridized carbons (Fsp3) is 0. The second kappa shape index (κ2) is 5.47. The van der Waals surface area contributed by atoms with E-state index in [1.807, 2.05) is 12.1 Å². The summed E-state index contributed by atoms with van der Waals surface area (Å²) in [4.78, 5) is -0.793. The monoisotopic (exact) mass is 312 g/mol. The molecule has 102 valence electrons. The molecule has 21 heavy (non-hydrogen) atoms. The van der Waals surface area contributed by atoms with Crippen molar-refractivity contribution >= 4 is 31.7 Å². The molecule has 3 rings (SSSR count). The Labute approximate surface area is 142 Å². The Morgan fingerprint density at radius 3 is 2.05 bits per heavy atom. The van der Waals surface area contributed by atoms with Gasteiger partial charge in [-0.05, 0) is 34.4 Å². The molecule has 0 unspecified atom stereocenters. The maximum Gasteiger partial charge on any atom is 1.00 e. The van der Waals surface area contributed by atoms with E-state index >= 15 is 0 Å². The van der Waals surface area contributed by atoms with E-state index in [0.717, 1.165) is 10.8 Å². The van der Waals surface area contributed by atoms with Gasteiger partial charge in [-0.15, -0.1) is 0 Å². The van der Waals surface area contributed by atoms with Crippen LogP contribution in [0.4, 0.5) is 0 Å². The van der Waals surface area contributed by atoms with Gasteiger partial charge in [0.1, 0.15) is 15.0 Å². The number of hydrogen-bond acceptors (Lipinski definition) is 5. The van der Waals surface area contributed by atoms with Gasteiger partial charge >= 0.3 is 29.6 Å². The minimum atomic E-state index is -4.91. The van der Waals surface area contributed by atoms with Crippen LogP contribution in [0, 0.1) is 0 Å². The quantitative estimate of drug-likeness (QED) is 0.268. The van der Waals surface area contributed by atoms with Gasteiger partial charge in [-0.25, -0.2) is 8.42 Å². The van der Waals surface area contributed by atoms with Crippen molar-refractivity contribution in [2.75, 3.05) is 0 Å². The molecule has 5 nitrogen and oxygen atoms in total. The molecular formula is C14H9NaO5S. The molecule has 0 saturated carbocycles. The summed E-state index contributed by atoms with van der Waals surface area (Å²) in [5.74, 6) is -1.55. The number of aromatic hydroxyl groups is 2. The van der Waals surface area contributed by atoms with E-state index in [0.29, 0.717) is 5.39 Å². The van der Waals surface area contributed by atoms with Gasteiger partial charge in [0.25, 0.3) is 0 Å². The molecule has 0 saturated heterocycles. The summed E-state index contributed by atoms with van der Waals surface area (Å²) >= 11 is 0. The number of hydrogen-bond donors (Lipinski definition) is 2. The molecular weight excluding hydrogens is 303 g/mol. The van der Waals surface area contributed by atoms with Crippen LogP contribution < -0.4 is 29.6 Å². The Morgan fingerprint density at radius 1 is 0.905 bits per heavy atom. The third kappa shape index (κ3) is 2.73. The predicted octanol–water partition coefficient (Wildman–Crippen LogP) is -0.688. The van der Waals surface area contributed by atoms with Crippen molar-refractivity contribution in [2.24, 2.45) is 0 Å². The molecule has 0 aromatic heterocycles. The molecule has 0 aliphatic rings. The largest absolute Gasteiger partial charge is 1.00 e. The number of phenols is 2. The Kier molecular flexibility index (Phi) is 4.19. The van der Waals surface area contributed by atoms with Gasteiger partial charge in [-0.1, -0.05) is 24.3 Å². The van der Waals surface area contributed by atoms with Gasteiger partial charge in [-0.2, -0.15) is 0 Å². The maximum atomic E-state index is 11.3. The Hall–Kier alpha value is -1.31. The standard InChI is InChI=1S/C14H10O5S.Na/c15-12-7-10-5-8-3-1-2-4-9(8)6-11(10)14(13(12)16)20(17,18)19;/h1-7,15-16H,(H,17,18,19);/q;+1/p-1. The van der Waals surface area contributed by atoms with Gasteiger partial charge in [0, 0.05) is 5.39 Å². The summed E-state index contributed by atoms with van der Waals surface area (Å²) in [6.45, 7) is 0. The number of fused-ring (bicyclic) bond motifs is 2. The summed E-state index contributed by atoms with van der Waals surface area (Å²) in [6.07, 6.45) is 0. The van der Waals surface area contributed by atoms with Crippen molar-refractivity contribution in [2.45, 2.75) is 4.90 Å². The molecule has 0 atom stereocenters. The van der Waals surface area contributed by atoms with Crippen molar-refractivity contribution in [3.8, 4) is 11.5 Å². The third-order valence-electron chi connectivity index (χ3n) is 3.16. The van der Waals surface area contributed by atoms with E-state index in [9.17, 15) is 23.2 Å². The molecule has 0 aliphatic heterocycles. The first-order chi connectivity index (χ1) is 9.38. The second-order valence-electron chi connectivity index (χ2n) is 4.45. The van der Waals surface area contributed by atoms with E-state index in [1.54, 1.807) is 18.2 Å². The first-order valence-corrected chi connectivity index (χ1v) is 7.12. The first kappa shape index (κ1) is 16.1. The predicted molar refractivity (Wildman–Crippen MR) is 72.7 cm³/mol. The van der Waals surface area contributed by atoms with Crippen LogP contribution in [0.2, 0.25) is 0 Å². The average Bonchev–Trinajstić information content (AvgIpc) is 2.36. The third-order valence-corrected chi connectivity index (χ3v) is 4.08. The average molecular weight is 312 g/mol. The molecule has 2 N–H and O–H groups in total. The van der Waals surface area contributed by atoms with Crippen molar-refractivity contribution in [1.29, 1.82) is 0 Å². The van der Waals surface area contributed by atoms with Crippen LogP contribution in [0.25, 0.3) is 21.5 Å². The van der Waals surface area contributed by atoms with Gasteiger partial charge in [0.2, 0.25) is 0 Å². The van der Waals surface area contributed by atoms with Crippen molar-refractivity contribution < 1.29 is 52.7 Å². The van der Waals surface area contributed by atoms with Gasteiger partial charge in [0.15, 0.2) is 11.5 Å². The van der Waals surface area contributed by atoms with E-state index in [4.69, 9.17) is 0 Å². The van der Waals surface area contributed by atoms with Crippen LogP contribution >= 0.6 is 0 Å². The number of phenolic OH excluding ortho intramolecular Hbond substituents is 2. The molecule has 7 heteroatoms. The van der Waals surface area contributed by atoms with Gasteiger partial charge in [0.05, 0.1) is 0 Å². The van der Waals surface area contributed by atoms with Crippen LogP contribution in [0.3, 0.4) is 0 Å². The molecule has 3 aromatic rings. The zero-order chi connectivity index (χ0) is 14.5. The summed E-state index contributed by atoms with van der Waals surface area (Å²) in [7, 11) is -4.91. The molecule has 0 heterocycles. The molecule has 0 radical (unpaired) electrons. The maximum absolute atomic E-state index is 11.3. The van der Waals surface area contributed by atoms with Crippen molar-refractivity contribution in [3.05, 3.63) is 42.5 Å². The molecule has 0 amide bonds. The summed E-state index contributed by atoms with van der Waals surface area (Å²) in [5.41, 5.74) is 0. The van der Waals surface area contributed by atoms with Crippen molar-refractivity contribution in [3.63, 3.8) is 0 Å². The minimum Gasteiger partial charge on any atom is -0.744 e.